The summed E-state index contributed by atoms with van der Waals surface area (Å²) in [5.41, 5.74) is 3.37. The highest BCUT2D eigenvalue weighted by molar-refractivity contribution is 6.03. The van der Waals surface area contributed by atoms with E-state index >= 15 is 0 Å². The Balaban J connectivity index is 2.54. The number of carbonyl (C=O) groups excluding carboxylic acids is 1. The second kappa shape index (κ2) is 3.57. The van der Waals surface area contributed by atoms with Crippen molar-refractivity contribution >= 4 is 17.3 Å². The lowest BCUT2D eigenvalue weighted by atomic mass is 10.1. The Labute approximate surface area is 90.3 Å². The largest absolute Gasteiger partial charge is 0.364 e. The van der Waals surface area contributed by atoms with Crippen LogP contribution in [0.15, 0.2) is 18.2 Å². The molecule has 0 spiro atoms. The second-order valence-corrected chi connectivity index (χ2v) is 3.99. The number of nitrogens with zero attached hydrogens (tertiary/aromatic N) is 2. The molecule has 80 valence electrons. The van der Waals surface area contributed by atoms with Crippen molar-refractivity contribution in [3.05, 3.63) is 23.8 Å². The van der Waals surface area contributed by atoms with Crippen molar-refractivity contribution in [2.24, 2.45) is 0 Å². The van der Waals surface area contributed by atoms with Gasteiger partial charge in [0.05, 0.1) is 17.9 Å². The van der Waals surface area contributed by atoms with E-state index in [2.05, 4.69) is 18.2 Å². The van der Waals surface area contributed by atoms with Gasteiger partial charge in [0.1, 0.15) is 0 Å². The minimum atomic E-state index is 0.179. The SMILES string of the molecule is CCN1C(=O)CN(C)c2ccc(C)cc21. The zero-order valence-corrected chi connectivity index (χ0v) is 9.45. The number of fused-ring (bicyclic) bond motifs is 1. The number of rotatable bonds is 1. The van der Waals surface area contributed by atoms with Crippen LogP contribution in [0.3, 0.4) is 0 Å². The lowest BCUT2D eigenvalue weighted by molar-refractivity contribution is -0.117. The van der Waals surface area contributed by atoms with Crippen molar-refractivity contribution in [3.8, 4) is 0 Å². The molecular formula is C12H16N2O. The molecule has 1 aromatic carbocycles. The van der Waals surface area contributed by atoms with Gasteiger partial charge in [-0.25, -0.2) is 0 Å². The zero-order valence-electron chi connectivity index (χ0n) is 9.45. The molecule has 0 saturated carbocycles. The molecule has 15 heavy (non-hydrogen) atoms. The predicted molar refractivity (Wildman–Crippen MR) is 62.5 cm³/mol. The number of hydrogen-bond acceptors (Lipinski definition) is 2. The van der Waals surface area contributed by atoms with Crippen LogP contribution in [-0.2, 0) is 4.79 Å². The van der Waals surface area contributed by atoms with Gasteiger partial charge in [-0.05, 0) is 31.5 Å². The second-order valence-electron chi connectivity index (χ2n) is 3.99. The van der Waals surface area contributed by atoms with Gasteiger partial charge >= 0.3 is 0 Å². The molecule has 1 amide bonds. The first-order chi connectivity index (χ1) is 7.13. The van der Waals surface area contributed by atoms with Gasteiger partial charge in [-0.2, -0.15) is 0 Å². The molecule has 0 radical (unpaired) electrons. The number of amides is 1. The molecule has 0 bridgehead atoms. The highest BCUT2D eigenvalue weighted by Gasteiger charge is 2.25. The van der Waals surface area contributed by atoms with Crippen molar-refractivity contribution in [1.82, 2.24) is 0 Å². The molecule has 2 rings (SSSR count). The quantitative estimate of drug-likeness (QED) is 0.696. The smallest absolute Gasteiger partial charge is 0.246 e. The average Bonchev–Trinajstić information content (AvgIpc) is 2.17. The summed E-state index contributed by atoms with van der Waals surface area (Å²) in [5.74, 6) is 0.179. The third-order valence-electron chi connectivity index (χ3n) is 2.82. The first-order valence-electron chi connectivity index (χ1n) is 5.25. The fourth-order valence-corrected chi connectivity index (χ4v) is 2.03. The van der Waals surface area contributed by atoms with Crippen LogP contribution in [-0.4, -0.2) is 26.0 Å². The first-order valence-corrected chi connectivity index (χ1v) is 5.25. The molecule has 0 aromatic heterocycles. The van der Waals surface area contributed by atoms with Crippen molar-refractivity contribution in [1.29, 1.82) is 0 Å². The summed E-state index contributed by atoms with van der Waals surface area (Å²) >= 11 is 0. The van der Waals surface area contributed by atoms with E-state index < -0.39 is 0 Å². The van der Waals surface area contributed by atoms with E-state index in [0.29, 0.717) is 6.54 Å². The molecule has 0 atom stereocenters. The predicted octanol–water partition coefficient (Wildman–Crippen LogP) is 1.80. The lowest BCUT2D eigenvalue weighted by Crippen LogP contribution is -2.44. The van der Waals surface area contributed by atoms with Crippen molar-refractivity contribution in [2.75, 3.05) is 29.9 Å². The molecule has 3 nitrogen and oxygen atoms in total. The number of aryl methyl sites for hydroxylation is 1. The highest BCUT2D eigenvalue weighted by Crippen LogP contribution is 2.33. The minimum absolute atomic E-state index is 0.179. The zero-order chi connectivity index (χ0) is 11.0. The van der Waals surface area contributed by atoms with Gasteiger partial charge in [0, 0.05) is 13.6 Å². The maximum atomic E-state index is 11.8. The van der Waals surface area contributed by atoms with Crippen molar-refractivity contribution in [3.63, 3.8) is 0 Å². The molecule has 0 aliphatic carbocycles. The summed E-state index contributed by atoms with van der Waals surface area (Å²) in [6, 6.07) is 6.24. The number of hydrogen-bond donors (Lipinski definition) is 0. The van der Waals surface area contributed by atoms with Crippen LogP contribution in [0, 0.1) is 6.92 Å². The third-order valence-corrected chi connectivity index (χ3v) is 2.82. The summed E-state index contributed by atoms with van der Waals surface area (Å²) in [4.78, 5) is 15.6. The summed E-state index contributed by atoms with van der Waals surface area (Å²) in [7, 11) is 1.96. The fourth-order valence-electron chi connectivity index (χ4n) is 2.03. The molecular weight excluding hydrogens is 188 g/mol. The van der Waals surface area contributed by atoms with Crippen molar-refractivity contribution < 1.29 is 4.79 Å². The Bertz CT molecular complexity index is 401. The van der Waals surface area contributed by atoms with Gasteiger partial charge in [-0.3, -0.25) is 4.79 Å². The summed E-state index contributed by atoms with van der Waals surface area (Å²) in [6.07, 6.45) is 0. The molecule has 1 aliphatic heterocycles. The average molecular weight is 204 g/mol. The summed E-state index contributed by atoms with van der Waals surface area (Å²) in [6.45, 7) is 5.27. The summed E-state index contributed by atoms with van der Waals surface area (Å²) < 4.78 is 0. The highest BCUT2D eigenvalue weighted by atomic mass is 16.2. The van der Waals surface area contributed by atoms with E-state index in [-0.39, 0.29) is 5.91 Å². The molecule has 0 fully saturated rings. The monoisotopic (exact) mass is 204 g/mol. The maximum absolute atomic E-state index is 11.8. The third kappa shape index (κ3) is 1.58. The molecule has 1 heterocycles. The molecule has 0 unspecified atom stereocenters. The Morgan fingerprint density at radius 2 is 2.07 bits per heavy atom. The van der Waals surface area contributed by atoms with E-state index in [1.807, 2.05) is 30.7 Å². The number of carbonyl (C=O) groups is 1. The molecule has 1 aromatic rings. The number of likely N-dealkylation sites (N-methyl/N-ethyl adjacent to an activating group) is 2. The Morgan fingerprint density at radius 3 is 2.73 bits per heavy atom. The Kier molecular flexibility index (Phi) is 2.39. The van der Waals surface area contributed by atoms with E-state index in [9.17, 15) is 4.79 Å². The lowest BCUT2D eigenvalue weighted by Gasteiger charge is -2.34. The molecule has 0 saturated heterocycles. The Hall–Kier alpha value is -1.51. The molecule has 3 heteroatoms. The molecule has 1 aliphatic rings. The van der Waals surface area contributed by atoms with Crippen LogP contribution in [0.25, 0.3) is 0 Å². The fraction of sp³-hybridized carbons (Fsp3) is 0.417. The summed E-state index contributed by atoms with van der Waals surface area (Å²) in [5, 5.41) is 0. The number of benzene rings is 1. The van der Waals surface area contributed by atoms with Crippen LogP contribution >= 0.6 is 0 Å². The van der Waals surface area contributed by atoms with E-state index in [1.54, 1.807) is 0 Å². The maximum Gasteiger partial charge on any atom is 0.246 e. The van der Waals surface area contributed by atoms with E-state index in [4.69, 9.17) is 0 Å². The minimum Gasteiger partial charge on any atom is -0.364 e. The number of anilines is 2. The van der Waals surface area contributed by atoms with Crippen LogP contribution < -0.4 is 9.80 Å². The standard InChI is InChI=1S/C12H16N2O/c1-4-14-11-7-9(2)5-6-10(11)13(3)8-12(14)15/h5-7H,4,8H2,1-3H3. The van der Waals surface area contributed by atoms with E-state index in [1.165, 1.54) is 5.56 Å². The van der Waals surface area contributed by atoms with Crippen LogP contribution in [0.1, 0.15) is 12.5 Å². The van der Waals surface area contributed by atoms with Crippen molar-refractivity contribution in [2.45, 2.75) is 13.8 Å². The van der Waals surface area contributed by atoms with Crippen LogP contribution in [0.2, 0.25) is 0 Å². The van der Waals surface area contributed by atoms with Gasteiger partial charge in [0.15, 0.2) is 0 Å². The van der Waals surface area contributed by atoms with Gasteiger partial charge in [-0.1, -0.05) is 6.07 Å². The molecule has 0 N–H and O–H groups in total. The first kappa shape index (κ1) is 10.0. The van der Waals surface area contributed by atoms with Gasteiger partial charge in [-0.15, -0.1) is 0 Å². The van der Waals surface area contributed by atoms with Crippen LogP contribution in [0.4, 0.5) is 11.4 Å². The Morgan fingerprint density at radius 1 is 1.33 bits per heavy atom. The van der Waals surface area contributed by atoms with Gasteiger partial charge in [0.25, 0.3) is 0 Å². The van der Waals surface area contributed by atoms with E-state index in [0.717, 1.165) is 17.9 Å². The van der Waals surface area contributed by atoms with Gasteiger partial charge in [0.2, 0.25) is 5.91 Å². The van der Waals surface area contributed by atoms with Crippen LogP contribution in [0.5, 0.6) is 0 Å². The van der Waals surface area contributed by atoms with Gasteiger partial charge < -0.3 is 9.80 Å². The topological polar surface area (TPSA) is 23.6 Å². The normalized spacial score (nSPS) is 15.5.